The van der Waals surface area contributed by atoms with E-state index in [-0.39, 0.29) is 36.7 Å². The smallest absolute Gasteiger partial charge is 0.315 e. The number of esters is 1. The maximum Gasteiger partial charge on any atom is 0.315 e. The summed E-state index contributed by atoms with van der Waals surface area (Å²) in [5.74, 6) is 0.765. The summed E-state index contributed by atoms with van der Waals surface area (Å²) in [6.07, 6.45) is 7.08. The average molecular weight is 583 g/mol. The van der Waals surface area contributed by atoms with Crippen LogP contribution in [0.3, 0.4) is 0 Å². The Morgan fingerprint density at radius 3 is 2.42 bits per heavy atom. The van der Waals surface area contributed by atoms with Gasteiger partial charge in [0, 0.05) is 23.8 Å². The number of ether oxygens (including phenoxy) is 2. The molecule has 7 nitrogen and oxygen atoms in total. The van der Waals surface area contributed by atoms with Gasteiger partial charge in [0.15, 0.2) is 11.5 Å². The van der Waals surface area contributed by atoms with E-state index < -0.39 is 23.0 Å². The SMILES string of the molecule is COc1c(OC(=O)Cc2cccc3cccc(CC(=O)O)c23)ccc2c1[C@]13CCC(CC4CC4)[C@H](C2)[C@]1(O)CCC(=O)C3. The summed E-state index contributed by atoms with van der Waals surface area (Å²) in [6.45, 7) is 0. The number of fused-ring (bicyclic) bond motifs is 2. The molecular formula is C36H38O7. The van der Waals surface area contributed by atoms with Gasteiger partial charge in [-0.05, 0) is 83.4 Å². The second-order valence-electron chi connectivity index (χ2n) is 13.3. The second kappa shape index (κ2) is 10.5. The summed E-state index contributed by atoms with van der Waals surface area (Å²) in [6, 6.07) is 14.9. The Kier molecular flexibility index (Phi) is 6.84. The lowest BCUT2D eigenvalue weighted by molar-refractivity contribution is -0.173. The minimum atomic E-state index is -0.995. The van der Waals surface area contributed by atoms with Gasteiger partial charge < -0.3 is 19.7 Å². The molecule has 224 valence electrons. The molecule has 0 aromatic heterocycles. The molecule has 0 spiro atoms. The van der Waals surface area contributed by atoms with E-state index in [1.807, 2.05) is 36.4 Å². The van der Waals surface area contributed by atoms with Crippen molar-refractivity contribution >= 4 is 28.5 Å². The number of carboxylic acids is 1. The molecule has 43 heavy (non-hydrogen) atoms. The van der Waals surface area contributed by atoms with E-state index in [9.17, 15) is 24.6 Å². The monoisotopic (exact) mass is 582 g/mol. The van der Waals surface area contributed by atoms with Gasteiger partial charge in [-0.1, -0.05) is 55.3 Å². The van der Waals surface area contributed by atoms with E-state index in [1.54, 1.807) is 19.2 Å². The third-order valence-electron chi connectivity index (χ3n) is 10.9. The Morgan fingerprint density at radius 2 is 1.72 bits per heavy atom. The van der Waals surface area contributed by atoms with E-state index >= 15 is 0 Å². The van der Waals surface area contributed by atoms with Crippen LogP contribution < -0.4 is 9.47 Å². The fraction of sp³-hybridized carbons (Fsp3) is 0.472. The number of rotatable bonds is 8. The largest absolute Gasteiger partial charge is 0.493 e. The van der Waals surface area contributed by atoms with E-state index in [4.69, 9.17) is 9.47 Å². The highest BCUT2D eigenvalue weighted by Gasteiger charge is 2.66. The molecule has 1 unspecified atom stereocenters. The van der Waals surface area contributed by atoms with Crippen LogP contribution >= 0.6 is 0 Å². The van der Waals surface area contributed by atoms with Crippen molar-refractivity contribution in [1.29, 1.82) is 0 Å². The number of aliphatic carboxylic acids is 1. The number of ketones is 1. The Labute approximate surface area is 251 Å². The number of methoxy groups -OCH3 is 1. The Morgan fingerprint density at radius 1 is 0.977 bits per heavy atom. The number of aliphatic hydroxyl groups is 1. The summed E-state index contributed by atoms with van der Waals surface area (Å²) in [5.41, 5.74) is 1.51. The van der Waals surface area contributed by atoms with Crippen molar-refractivity contribution in [3.8, 4) is 11.5 Å². The topological polar surface area (TPSA) is 110 Å². The van der Waals surface area contributed by atoms with Crippen LogP contribution in [-0.2, 0) is 39.1 Å². The molecule has 3 aromatic rings. The van der Waals surface area contributed by atoms with E-state index in [1.165, 1.54) is 12.8 Å². The molecule has 0 aliphatic heterocycles. The van der Waals surface area contributed by atoms with Crippen LogP contribution in [0.2, 0.25) is 0 Å². The summed E-state index contributed by atoms with van der Waals surface area (Å²) in [7, 11) is 1.56. The molecule has 3 saturated carbocycles. The molecule has 7 heteroatoms. The number of hydrogen-bond acceptors (Lipinski definition) is 6. The van der Waals surface area contributed by atoms with Crippen molar-refractivity contribution < 1.29 is 34.1 Å². The maximum atomic E-state index is 13.5. The normalized spacial score (nSPS) is 27.7. The molecule has 0 saturated heterocycles. The van der Waals surface area contributed by atoms with Gasteiger partial charge in [-0.15, -0.1) is 0 Å². The van der Waals surface area contributed by atoms with Crippen molar-refractivity contribution in [3.63, 3.8) is 0 Å². The summed E-state index contributed by atoms with van der Waals surface area (Å²) < 4.78 is 12.0. The van der Waals surface area contributed by atoms with E-state index in [2.05, 4.69) is 0 Å². The number of carbonyl (C=O) groups excluding carboxylic acids is 2. The second-order valence-corrected chi connectivity index (χ2v) is 13.3. The minimum Gasteiger partial charge on any atom is -0.493 e. The first-order valence-electron chi connectivity index (χ1n) is 15.6. The van der Waals surface area contributed by atoms with Crippen molar-refractivity contribution in [2.24, 2.45) is 17.8 Å². The fourth-order valence-corrected chi connectivity index (χ4v) is 8.94. The molecule has 3 aromatic carbocycles. The number of carboxylic acid groups (broad SMARTS) is 1. The molecule has 7 rings (SSSR count). The third-order valence-corrected chi connectivity index (χ3v) is 10.9. The Bertz CT molecular complexity index is 1630. The van der Waals surface area contributed by atoms with Crippen molar-refractivity contribution in [2.75, 3.05) is 7.11 Å². The number of hydrogen-bond donors (Lipinski definition) is 2. The average Bonchev–Trinajstić information content (AvgIpc) is 3.79. The van der Waals surface area contributed by atoms with Crippen LogP contribution in [0.5, 0.6) is 11.5 Å². The van der Waals surface area contributed by atoms with Crippen LogP contribution in [-0.4, -0.2) is 40.6 Å². The first-order chi connectivity index (χ1) is 20.7. The third kappa shape index (κ3) is 4.64. The van der Waals surface area contributed by atoms with Crippen LogP contribution in [0.15, 0.2) is 48.5 Å². The fourth-order valence-electron chi connectivity index (χ4n) is 8.94. The van der Waals surface area contributed by atoms with Gasteiger partial charge in [0.25, 0.3) is 0 Å². The predicted octanol–water partition coefficient (Wildman–Crippen LogP) is 5.73. The molecule has 0 amide bonds. The van der Waals surface area contributed by atoms with Gasteiger partial charge in [0.05, 0.1) is 25.6 Å². The van der Waals surface area contributed by atoms with Crippen LogP contribution in [0.1, 0.15) is 73.6 Å². The highest BCUT2D eigenvalue weighted by molar-refractivity contribution is 5.94. The first kappa shape index (κ1) is 28.1. The van der Waals surface area contributed by atoms with E-state index in [0.717, 1.165) is 47.1 Å². The molecule has 0 radical (unpaired) electrons. The van der Waals surface area contributed by atoms with Gasteiger partial charge >= 0.3 is 11.9 Å². The quantitative estimate of drug-likeness (QED) is 0.258. The standard InChI is InChI=1S/C36H38O7/c1-42-34-29(43-31(40)19-25-7-3-5-22-4-2-6-24(32(22)25)18-30(38)39)11-10-26-17-28-23(16-21-8-9-21)12-14-35(33(26)34)20-27(37)13-15-36(28,35)41/h2-7,10-11,21,23,28,41H,8-9,12-20H2,1H3,(H,38,39)/t23?,28-,35+,36+/m0/s1. The summed E-state index contributed by atoms with van der Waals surface area (Å²) in [5, 5.41) is 23.6. The van der Waals surface area contributed by atoms with Crippen LogP contribution in [0, 0.1) is 17.8 Å². The molecule has 0 heterocycles. The van der Waals surface area contributed by atoms with Gasteiger partial charge in [-0.2, -0.15) is 0 Å². The lowest BCUT2D eigenvalue weighted by atomic mass is 9.43. The number of carbonyl (C=O) groups is 3. The molecule has 4 atom stereocenters. The van der Waals surface area contributed by atoms with Gasteiger partial charge in [-0.25, -0.2) is 0 Å². The summed E-state index contributed by atoms with van der Waals surface area (Å²) in [4.78, 5) is 38.0. The van der Waals surface area contributed by atoms with Gasteiger partial charge in [-0.3, -0.25) is 14.4 Å². The zero-order valence-corrected chi connectivity index (χ0v) is 24.6. The first-order valence-corrected chi connectivity index (χ1v) is 15.6. The van der Waals surface area contributed by atoms with Gasteiger partial charge in [0.2, 0.25) is 0 Å². The predicted molar refractivity (Wildman–Crippen MR) is 160 cm³/mol. The molecule has 2 N–H and O–H groups in total. The maximum absolute atomic E-state index is 13.5. The van der Waals surface area contributed by atoms with Crippen molar-refractivity contribution in [3.05, 3.63) is 70.8 Å². The molecule has 2 bridgehead atoms. The summed E-state index contributed by atoms with van der Waals surface area (Å²) >= 11 is 0. The molecular weight excluding hydrogens is 544 g/mol. The van der Waals surface area contributed by atoms with Crippen molar-refractivity contribution in [1.82, 2.24) is 0 Å². The Hall–Kier alpha value is -3.71. The molecule has 3 fully saturated rings. The van der Waals surface area contributed by atoms with Crippen LogP contribution in [0.4, 0.5) is 0 Å². The minimum absolute atomic E-state index is 0.0489. The number of benzene rings is 3. The zero-order chi connectivity index (χ0) is 29.9. The van der Waals surface area contributed by atoms with Crippen molar-refractivity contribution in [2.45, 2.75) is 81.6 Å². The van der Waals surface area contributed by atoms with Gasteiger partial charge in [0.1, 0.15) is 5.78 Å². The van der Waals surface area contributed by atoms with Crippen LogP contribution in [0.25, 0.3) is 10.8 Å². The highest BCUT2D eigenvalue weighted by Crippen LogP contribution is 2.65. The zero-order valence-electron chi connectivity index (χ0n) is 24.6. The lowest BCUT2D eigenvalue weighted by Gasteiger charge is -2.62. The van der Waals surface area contributed by atoms with E-state index in [0.29, 0.717) is 42.1 Å². The lowest BCUT2D eigenvalue weighted by Crippen LogP contribution is -2.67. The number of Topliss-reactive ketones (excluding diaryl/α,β-unsaturated/α-hetero) is 1. The Balaban J connectivity index is 1.24. The molecule has 4 aliphatic carbocycles. The highest BCUT2D eigenvalue weighted by atomic mass is 16.6. The molecule has 4 aliphatic rings.